The molecule has 0 aliphatic heterocycles. The molecule has 8 heavy (non-hydrogen) atoms. The number of hydrogen-bond acceptors (Lipinski definition) is 2. The van der Waals surface area contributed by atoms with Crippen molar-refractivity contribution in [1.82, 2.24) is 0 Å². The Morgan fingerprint density at radius 1 is 1.75 bits per heavy atom. The van der Waals surface area contributed by atoms with Crippen LogP contribution in [0.15, 0.2) is 0 Å². The van der Waals surface area contributed by atoms with Crippen LogP contribution in [0, 0.1) is 0 Å². The highest BCUT2D eigenvalue weighted by Crippen LogP contribution is 2.36. The molecule has 0 N–H and O–H groups in total. The maximum Gasteiger partial charge on any atom is 0.159 e. The molecule has 0 aromatic rings. The Hall–Kier alpha value is -0.153. The van der Waals surface area contributed by atoms with Crippen molar-refractivity contribution in [2.24, 2.45) is 0 Å². The zero-order valence-electron chi connectivity index (χ0n) is 5.02. The number of carbonyl (C=O) groups excluding carboxylic acids is 1. The van der Waals surface area contributed by atoms with Gasteiger partial charge in [-0.1, -0.05) is 6.55 Å². The van der Waals surface area contributed by atoms with Crippen molar-refractivity contribution in [3.8, 4) is 0 Å². The summed E-state index contributed by atoms with van der Waals surface area (Å²) >= 11 is 0. The lowest BCUT2D eigenvalue weighted by molar-refractivity contribution is -0.115. The van der Waals surface area contributed by atoms with Gasteiger partial charge >= 0.3 is 0 Å². The Bertz CT molecular complexity index is 98.6. The van der Waals surface area contributed by atoms with E-state index in [0.717, 1.165) is 19.1 Å². The van der Waals surface area contributed by atoms with Crippen molar-refractivity contribution in [3.05, 3.63) is 0 Å². The molecule has 0 heterocycles. The molecule has 0 spiro atoms. The molecule has 1 aliphatic rings. The molecule has 0 aromatic heterocycles. The maximum absolute atomic E-state index is 10.2. The smallest absolute Gasteiger partial charge is 0.159 e. The number of carbonyl (C=O) groups is 1. The van der Waals surface area contributed by atoms with Gasteiger partial charge in [-0.25, -0.2) is 0 Å². The fourth-order valence-corrected chi connectivity index (χ4v) is 1.64. The second-order valence-electron chi connectivity index (χ2n) is 2.12. The average Bonchev–Trinajstić information content (AvgIpc) is 2.50. The minimum Gasteiger partial charge on any atom is -0.412 e. The number of hydrogen-bond donors (Lipinski definition) is 0. The highest BCUT2D eigenvalue weighted by Gasteiger charge is 2.42. The Morgan fingerprint density at radius 2 is 2.38 bits per heavy atom. The molecule has 3 heteroatoms. The lowest BCUT2D eigenvalue weighted by atomic mass is 10.4. The van der Waals surface area contributed by atoms with Crippen LogP contribution in [0.2, 0.25) is 6.55 Å². The van der Waals surface area contributed by atoms with Crippen LogP contribution in [-0.2, 0) is 9.22 Å². The summed E-state index contributed by atoms with van der Waals surface area (Å²) in [7, 11) is -0.370. The summed E-state index contributed by atoms with van der Waals surface area (Å²) in [6, 6.07) is 0. The summed E-state index contributed by atoms with van der Waals surface area (Å²) in [6.07, 6.45) is 2.86. The summed E-state index contributed by atoms with van der Waals surface area (Å²) in [4.78, 5) is 10.2. The molecule has 1 rings (SSSR count). The van der Waals surface area contributed by atoms with Crippen LogP contribution in [0.25, 0.3) is 0 Å². The summed E-state index contributed by atoms with van der Waals surface area (Å²) in [5.74, 6) is 0. The van der Waals surface area contributed by atoms with E-state index in [1.165, 1.54) is 0 Å². The zero-order valence-corrected chi connectivity index (χ0v) is 6.43. The summed E-state index contributed by atoms with van der Waals surface area (Å²) in [5, 5.41) is 0. The lowest BCUT2D eigenvalue weighted by Crippen LogP contribution is -2.16. The fourth-order valence-electron chi connectivity index (χ4n) is 0.707. The first-order chi connectivity index (χ1) is 3.83. The normalized spacial score (nSPS) is 24.1. The van der Waals surface area contributed by atoms with Gasteiger partial charge in [-0.05, 0) is 12.8 Å². The van der Waals surface area contributed by atoms with Gasteiger partial charge in [0, 0.05) is 0 Å². The molecule has 0 bridgehead atoms. The van der Waals surface area contributed by atoms with Gasteiger partial charge in [0.1, 0.15) is 5.60 Å². The second kappa shape index (κ2) is 1.99. The van der Waals surface area contributed by atoms with E-state index in [0.29, 0.717) is 0 Å². The molecule has 0 atom stereocenters. The van der Waals surface area contributed by atoms with Gasteiger partial charge in [0.2, 0.25) is 0 Å². The molecular weight excluding hydrogens is 120 g/mol. The van der Waals surface area contributed by atoms with Gasteiger partial charge in [0.15, 0.2) is 16.0 Å². The molecule has 0 unspecified atom stereocenters. The number of aldehydes is 1. The van der Waals surface area contributed by atoms with Gasteiger partial charge in [0.25, 0.3) is 0 Å². The summed E-state index contributed by atoms with van der Waals surface area (Å²) in [6.45, 7) is 2.05. The Morgan fingerprint density at radius 3 is 2.50 bits per heavy atom. The Labute approximate surface area is 51.2 Å². The van der Waals surface area contributed by atoms with Gasteiger partial charge in [0.05, 0.1) is 0 Å². The van der Waals surface area contributed by atoms with E-state index >= 15 is 0 Å². The van der Waals surface area contributed by atoms with Crippen LogP contribution in [0.1, 0.15) is 12.8 Å². The van der Waals surface area contributed by atoms with Crippen LogP contribution in [0.5, 0.6) is 0 Å². The minimum absolute atomic E-state index is 0.277. The predicted octanol–water partition coefficient (Wildman–Crippen LogP) is -0.134. The minimum atomic E-state index is -0.370. The first-order valence-corrected chi connectivity index (χ1v) is 4.92. The maximum atomic E-state index is 10.2. The van der Waals surface area contributed by atoms with Crippen molar-refractivity contribution in [2.75, 3.05) is 0 Å². The number of rotatable bonds is 3. The van der Waals surface area contributed by atoms with Crippen molar-refractivity contribution in [2.45, 2.75) is 25.0 Å². The van der Waals surface area contributed by atoms with Crippen LogP contribution >= 0.6 is 0 Å². The second-order valence-corrected chi connectivity index (χ2v) is 2.98. The van der Waals surface area contributed by atoms with Crippen LogP contribution in [-0.4, -0.2) is 21.7 Å². The standard InChI is InChI=1S/C5H10O2Si/c1-8-7-5(4-6)2-3-5/h4H,2-3,8H2,1H3. The predicted molar refractivity (Wildman–Crippen MR) is 33.5 cm³/mol. The quantitative estimate of drug-likeness (QED) is 0.393. The Balaban J connectivity index is 2.30. The molecule has 0 saturated heterocycles. The fraction of sp³-hybridized carbons (Fsp3) is 0.800. The van der Waals surface area contributed by atoms with E-state index in [9.17, 15) is 4.79 Å². The third-order valence-electron chi connectivity index (χ3n) is 1.39. The van der Waals surface area contributed by atoms with E-state index in [-0.39, 0.29) is 15.4 Å². The molecule has 0 aromatic carbocycles. The van der Waals surface area contributed by atoms with Crippen LogP contribution in [0.4, 0.5) is 0 Å². The van der Waals surface area contributed by atoms with Crippen molar-refractivity contribution in [3.63, 3.8) is 0 Å². The largest absolute Gasteiger partial charge is 0.412 e. The summed E-state index contributed by atoms with van der Waals surface area (Å²) in [5.41, 5.74) is -0.277. The lowest BCUT2D eigenvalue weighted by Gasteiger charge is -2.04. The highest BCUT2D eigenvalue weighted by atomic mass is 28.2. The van der Waals surface area contributed by atoms with E-state index < -0.39 is 0 Å². The third kappa shape index (κ3) is 0.979. The SMILES string of the molecule is C[SiH2]OC1(C=O)CC1. The van der Waals surface area contributed by atoms with E-state index in [4.69, 9.17) is 4.43 Å². The first kappa shape index (κ1) is 5.97. The van der Waals surface area contributed by atoms with E-state index in [2.05, 4.69) is 0 Å². The first-order valence-electron chi connectivity index (χ1n) is 2.93. The van der Waals surface area contributed by atoms with Gasteiger partial charge in [-0.15, -0.1) is 0 Å². The summed E-state index contributed by atoms with van der Waals surface area (Å²) < 4.78 is 5.26. The monoisotopic (exact) mass is 130 g/mol. The van der Waals surface area contributed by atoms with Gasteiger partial charge in [-0.3, -0.25) is 0 Å². The molecule has 1 aliphatic carbocycles. The van der Waals surface area contributed by atoms with Crippen molar-refractivity contribution < 1.29 is 9.22 Å². The average molecular weight is 130 g/mol. The van der Waals surface area contributed by atoms with Crippen LogP contribution in [0.3, 0.4) is 0 Å². The zero-order chi connectivity index (χ0) is 6.04. The molecule has 0 amide bonds. The molecule has 46 valence electrons. The molecule has 2 nitrogen and oxygen atoms in total. The van der Waals surface area contributed by atoms with Gasteiger partial charge < -0.3 is 9.22 Å². The molecule has 1 fully saturated rings. The van der Waals surface area contributed by atoms with E-state index in [1.54, 1.807) is 0 Å². The van der Waals surface area contributed by atoms with Crippen molar-refractivity contribution >= 4 is 16.0 Å². The van der Waals surface area contributed by atoms with Gasteiger partial charge in [-0.2, -0.15) is 0 Å². The highest BCUT2D eigenvalue weighted by molar-refractivity contribution is 6.25. The molecular formula is C5H10O2Si. The molecule has 0 radical (unpaired) electrons. The molecule has 1 saturated carbocycles. The van der Waals surface area contributed by atoms with Crippen molar-refractivity contribution in [1.29, 1.82) is 0 Å². The Kier molecular flexibility index (Phi) is 1.49. The van der Waals surface area contributed by atoms with Crippen LogP contribution < -0.4 is 0 Å². The van der Waals surface area contributed by atoms with E-state index in [1.807, 2.05) is 6.55 Å². The third-order valence-corrected chi connectivity index (χ3v) is 2.25. The topological polar surface area (TPSA) is 26.3 Å².